The van der Waals surface area contributed by atoms with E-state index in [0.717, 1.165) is 19.0 Å². The molecule has 1 aliphatic carbocycles. The fourth-order valence-electron chi connectivity index (χ4n) is 3.66. The van der Waals surface area contributed by atoms with E-state index in [1.165, 1.54) is 37.8 Å². The fourth-order valence-corrected chi connectivity index (χ4v) is 3.66. The Morgan fingerprint density at radius 3 is 2.45 bits per heavy atom. The first kappa shape index (κ1) is 15.5. The summed E-state index contributed by atoms with van der Waals surface area (Å²) in [6.45, 7) is 5.81. The third-order valence-corrected chi connectivity index (χ3v) is 4.79. The predicted octanol–water partition coefficient (Wildman–Crippen LogP) is 3.53. The van der Waals surface area contributed by atoms with E-state index in [2.05, 4.69) is 61.6 Å². The highest BCUT2D eigenvalue weighted by molar-refractivity contribution is 5.14. The zero-order chi connectivity index (χ0) is 14.4. The number of nitrogens with one attached hydrogen (secondary N) is 1. The summed E-state index contributed by atoms with van der Waals surface area (Å²) in [4.78, 5) is 2.50. The van der Waals surface area contributed by atoms with Gasteiger partial charge < -0.3 is 10.2 Å². The first-order chi connectivity index (χ1) is 9.63. The van der Waals surface area contributed by atoms with Crippen molar-refractivity contribution in [3.63, 3.8) is 0 Å². The molecule has 0 aliphatic heterocycles. The lowest BCUT2D eigenvalue weighted by Gasteiger charge is -2.42. The van der Waals surface area contributed by atoms with Crippen LogP contribution in [0.4, 0.5) is 0 Å². The average Bonchev–Trinajstić information content (AvgIpc) is 2.43. The van der Waals surface area contributed by atoms with Crippen molar-refractivity contribution in [3.05, 3.63) is 35.9 Å². The van der Waals surface area contributed by atoms with E-state index < -0.39 is 0 Å². The van der Waals surface area contributed by atoms with E-state index in [-0.39, 0.29) is 0 Å². The minimum atomic E-state index is 0.477. The summed E-state index contributed by atoms with van der Waals surface area (Å²) in [5.41, 5.74) is 1.89. The molecule has 1 aromatic rings. The molecule has 0 spiro atoms. The summed E-state index contributed by atoms with van der Waals surface area (Å²) in [5, 5.41) is 3.44. The minimum absolute atomic E-state index is 0.477. The second kappa shape index (κ2) is 7.24. The van der Waals surface area contributed by atoms with Crippen molar-refractivity contribution in [2.45, 2.75) is 39.2 Å². The van der Waals surface area contributed by atoms with Crippen LogP contribution in [0.1, 0.15) is 38.2 Å². The second-order valence-corrected chi connectivity index (χ2v) is 6.87. The Bertz CT molecular complexity index is 380. The molecule has 0 amide bonds. The Morgan fingerprint density at radius 2 is 1.85 bits per heavy atom. The summed E-state index contributed by atoms with van der Waals surface area (Å²) in [6, 6.07) is 10.8. The Morgan fingerprint density at radius 1 is 1.20 bits per heavy atom. The van der Waals surface area contributed by atoms with Crippen molar-refractivity contribution in [2.24, 2.45) is 11.3 Å². The van der Waals surface area contributed by atoms with Gasteiger partial charge in [-0.1, -0.05) is 50.1 Å². The van der Waals surface area contributed by atoms with Gasteiger partial charge in [-0.2, -0.15) is 0 Å². The van der Waals surface area contributed by atoms with E-state index in [1.54, 1.807) is 0 Å². The molecule has 0 radical (unpaired) electrons. The third-order valence-electron chi connectivity index (χ3n) is 4.79. The van der Waals surface area contributed by atoms with Gasteiger partial charge >= 0.3 is 0 Å². The molecule has 0 heterocycles. The van der Waals surface area contributed by atoms with Crippen LogP contribution in [0.3, 0.4) is 0 Å². The monoisotopic (exact) mass is 274 g/mol. The van der Waals surface area contributed by atoms with Gasteiger partial charge in [0.25, 0.3) is 0 Å². The van der Waals surface area contributed by atoms with E-state index in [9.17, 15) is 0 Å². The lowest BCUT2D eigenvalue weighted by molar-refractivity contribution is 0.0979. The van der Waals surface area contributed by atoms with Crippen LogP contribution in [-0.4, -0.2) is 32.1 Å². The Hall–Kier alpha value is -0.860. The first-order valence-corrected chi connectivity index (χ1v) is 8.01. The summed E-state index contributed by atoms with van der Waals surface area (Å²) in [6.07, 6.45) is 5.52. The molecular weight excluding hydrogens is 244 g/mol. The number of benzene rings is 1. The summed E-state index contributed by atoms with van der Waals surface area (Å²) in [5.74, 6) is 0.916. The smallest absolute Gasteiger partial charge is 0.0230 e. The molecule has 1 N–H and O–H groups in total. The molecule has 0 unspecified atom stereocenters. The number of hydrogen-bond donors (Lipinski definition) is 1. The molecule has 2 nitrogen and oxygen atoms in total. The minimum Gasteiger partial charge on any atom is -0.319 e. The van der Waals surface area contributed by atoms with Crippen molar-refractivity contribution in [1.82, 2.24) is 10.2 Å². The van der Waals surface area contributed by atoms with Crippen LogP contribution in [0.2, 0.25) is 0 Å². The third kappa shape index (κ3) is 4.32. The Labute approximate surface area is 124 Å². The van der Waals surface area contributed by atoms with Crippen molar-refractivity contribution in [2.75, 3.05) is 27.2 Å². The van der Waals surface area contributed by atoms with E-state index in [1.807, 2.05) is 0 Å². The average molecular weight is 274 g/mol. The van der Waals surface area contributed by atoms with Crippen molar-refractivity contribution >= 4 is 0 Å². The van der Waals surface area contributed by atoms with Gasteiger partial charge in [0, 0.05) is 19.6 Å². The van der Waals surface area contributed by atoms with Crippen LogP contribution >= 0.6 is 0 Å². The second-order valence-electron chi connectivity index (χ2n) is 6.87. The van der Waals surface area contributed by atoms with Gasteiger partial charge in [0.1, 0.15) is 0 Å². The van der Waals surface area contributed by atoms with Crippen LogP contribution in [-0.2, 0) is 6.54 Å². The van der Waals surface area contributed by atoms with Crippen LogP contribution in [0.5, 0.6) is 0 Å². The lowest BCUT2D eigenvalue weighted by Crippen LogP contribution is -2.44. The zero-order valence-corrected chi connectivity index (χ0v) is 13.4. The maximum atomic E-state index is 3.44. The van der Waals surface area contributed by atoms with Gasteiger partial charge in [0.05, 0.1) is 0 Å². The Balaban J connectivity index is 1.94. The normalized spacial score (nSPS) is 26.9. The van der Waals surface area contributed by atoms with Crippen LogP contribution in [0, 0.1) is 11.3 Å². The molecular formula is C18H30N2. The van der Waals surface area contributed by atoms with E-state index >= 15 is 0 Å². The van der Waals surface area contributed by atoms with E-state index in [4.69, 9.17) is 0 Å². The SMILES string of the molecule is CNCC1(CN(C)Cc2ccccc2)CCC(C)CC1. The van der Waals surface area contributed by atoms with Gasteiger partial charge in [0.2, 0.25) is 0 Å². The molecule has 1 aliphatic rings. The molecule has 2 rings (SSSR count). The highest BCUT2D eigenvalue weighted by Gasteiger charge is 2.34. The van der Waals surface area contributed by atoms with Gasteiger partial charge in [-0.05, 0) is 43.8 Å². The topological polar surface area (TPSA) is 15.3 Å². The van der Waals surface area contributed by atoms with Gasteiger partial charge in [-0.15, -0.1) is 0 Å². The first-order valence-electron chi connectivity index (χ1n) is 8.01. The fraction of sp³-hybridized carbons (Fsp3) is 0.667. The van der Waals surface area contributed by atoms with Crippen LogP contribution in [0.25, 0.3) is 0 Å². The van der Waals surface area contributed by atoms with Crippen molar-refractivity contribution in [3.8, 4) is 0 Å². The molecule has 0 bridgehead atoms. The maximum absolute atomic E-state index is 3.44. The highest BCUT2D eigenvalue weighted by Crippen LogP contribution is 2.39. The van der Waals surface area contributed by atoms with Gasteiger partial charge in [-0.3, -0.25) is 0 Å². The molecule has 0 atom stereocenters. The number of hydrogen-bond acceptors (Lipinski definition) is 2. The Kier molecular flexibility index (Phi) is 5.62. The molecule has 0 aromatic heterocycles. The van der Waals surface area contributed by atoms with Crippen LogP contribution < -0.4 is 5.32 Å². The molecule has 1 saturated carbocycles. The summed E-state index contributed by atoms with van der Waals surface area (Å²) in [7, 11) is 4.36. The van der Waals surface area contributed by atoms with Gasteiger partial charge in [0.15, 0.2) is 0 Å². The standard InChI is InChI=1S/C18H30N2/c1-16-9-11-18(12-10-16,14-19-2)15-20(3)13-17-7-5-4-6-8-17/h4-8,16,19H,9-15H2,1-3H3. The summed E-state index contributed by atoms with van der Waals surface area (Å²) < 4.78 is 0. The molecule has 112 valence electrons. The number of rotatable bonds is 6. The molecule has 2 heteroatoms. The highest BCUT2D eigenvalue weighted by atomic mass is 15.1. The summed E-state index contributed by atoms with van der Waals surface area (Å²) >= 11 is 0. The quantitative estimate of drug-likeness (QED) is 0.853. The lowest BCUT2D eigenvalue weighted by atomic mass is 9.70. The molecule has 20 heavy (non-hydrogen) atoms. The number of nitrogens with zero attached hydrogens (tertiary/aromatic N) is 1. The predicted molar refractivity (Wildman–Crippen MR) is 86.8 cm³/mol. The van der Waals surface area contributed by atoms with E-state index in [0.29, 0.717) is 5.41 Å². The molecule has 1 aromatic carbocycles. The van der Waals surface area contributed by atoms with Crippen LogP contribution in [0.15, 0.2) is 30.3 Å². The zero-order valence-electron chi connectivity index (χ0n) is 13.4. The molecule has 0 saturated heterocycles. The maximum Gasteiger partial charge on any atom is 0.0230 e. The largest absolute Gasteiger partial charge is 0.319 e. The van der Waals surface area contributed by atoms with Crippen molar-refractivity contribution in [1.29, 1.82) is 0 Å². The van der Waals surface area contributed by atoms with Gasteiger partial charge in [-0.25, -0.2) is 0 Å². The van der Waals surface area contributed by atoms with Crippen molar-refractivity contribution < 1.29 is 0 Å². The molecule has 1 fully saturated rings.